The van der Waals surface area contributed by atoms with Crippen molar-refractivity contribution in [1.29, 1.82) is 0 Å². The molecular formula is C9H12N2O. The molecule has 0 aromatic carbocycles. The fourth-order valence-corrected chi connectivity index (χ4v) is 0.953. The second kappa shape index (κ2) is 3.34. The molecule has 0 saturated heterocycles. The number of carbonyl (C=O) groups is 1. The lowest BCUT2D eigenvalue weighted by Crippen LogP contribution is -1.94. The largest absolute Gasteiger partial charge is 0.296 e. The summed E-state index contributed by atoms with van der Waals surface area (Å²) in [4.78, 5) is 10.5. The lowest BCUT2D eigenvalue weighted by molar-refractivity contribution is 0.111. The van der Waals surface area contributed by atoms with E-state index in [0.29, 0.717) is 11.6 Å². The second-order valence-electron chi connectivity index (χ2n) is 3.00. The number of H-pyrrole nitrogens is 1. The molecule has 0 unspecified atom stereocenters. The van der Waals surface area contributed by atoms with Crippen LogP contribution in [0.3, 0.4) is 0 Å². The van der Waals surface area contributed by atoms with Gasteiger partial charge in [0, 0.05) is 5.56 Å². The summed E-state index contributed by atoms with van der Waals surface area (Å²) >= 11 is 0. The standard InChI is InChI=1S/C9H12N2O/c1-6(2)7(3)8-4-10-11-9(8)5-12/h4-6H,3H2,1-2H3,(H,10,11). The molecule has 0 spiro atoms. The minimum absolute atomic E-state index is 0.335. The number of allylic oxidation sites excluding steroid dienone is 1. The van der Waals surface area contributed by atoms with Crippen LogP contribution in [0, 0.1) is 5.92 Å². The molecule has 12 heavy (non-hydrogen) atoms. The first-order valence-electron chi connectivity index (χ1n) is 3.84. The number of hydrogen-bond donors (Lipinski definition) is 1. The molecule has 0 saturated carbocycles. The van der Waals surface area contributed by atoms with E-state index in [1.54, 1.807) is 6.20 Å². The third kappa shape index (κ3) is 1.44. The van der Waals surface area contributed by atoms with Crippen LogP contribution in [0.1, 0.15) is 29.9 Å². The summed E-state index contributed by atoms with van der Waals surface area (Å²) in [6.07, 6.45) is 2.39. The predicted octanol–water partition coefficient (Wildman–Crippen LogP) is 1.89. The zero-order chi connectivity index (χ0) is 9.14. The molecule has 1 heterocycles. The number of nitrogens with zero attached hydrogens (tertiary/aromatic N) is 1. The number of nitrogens with one attached hydrogen (secondary N) is 1. The Hall–Kier alpha value is -1.38. The summed E-state index contributed by atoms with van der Waals surface area (Å²) in [6, 6.07) is 0. The van der Waals surface area contributed by atoms with Crippen molar-refractivity contribution >= 4 is 11.9 Å². The van der Waals surface area contributed by atoms with Gasteiger partial charge in [-0.25, -0.2) is 0 Å². The number of rotatable bonds is 3. The van der Waals surface area contributed by atoms with Gasteiger partial charge in [-0.05, 0) is 11.5 Å². The highest BCUT2D eigenvalue weighted by molar-refractivity contribution is 5.82. The Balaban J connectivity index is 3.01. The van der Waals surface area contributed by atoms with E-state index in [0.717, 1.165) is 17.4 Å². The highest BCUT2D eigenvalue weighted by Gasteiger charge is 2.09. The highest BCUT2D eigenvalue weighted by Crippen LogP contribution is 2.21. The average Bonchev–Trinajstić information content (AvgIpc) is 2.49. The van der Waals surface area contributed by atoms with Gasteiger partial charge >= 0.3 is 0 Å². The van der Waals surface area contributed by atoms with Gasteiger partial charge in [-0.1, -0.05) is 20.4 Å². The number of aromatic amines is 1. The Bertz CT molecular complexity index is 299. The van der Waals surface area contributed by atoms with Crippen LogP contribution in [0.5, 0.6) is 0 Å². The van der Waals surface area contributed by atoms with Crippen molar-refractivity contribution in [3.05, 3.63) is 24.0 Å². The molecular weight excluding hydrogens is 152 g/mol. The first-order chi connectivity index (χ1) is 5.66. The van der Waals surface area contributed by atoms with Gasteiger partial charge < -0.3 is 0 Å². The third-order valence-corrected chi connectivity index (χ3v) is 1.83. The Kier molecular flexibility index (Phi) is 2.43. The lowest BCUT2D eigenvalue weighted by atomic mass is 9.98. The highest BCUT2D eigenvalue weighted by atomic mass is 16.1. The molecule has 0 aliphatic carbocycles. The van der Waals surface area contributed by atoms with Crippen LogP contribution in [0.2, 0.25) is 0 Å². The summed E-state index contributed by atoms with van der Waals surface area (Å²) in [6.45, 7) is 7.95. The molecule has 0 fully saturated rings. The van der Waals surface area contributed by atoms with Crippen molar-refractivity contribution in [3.8, 4) is 0 Å². The molecule has 1 N–H and O–H groups in total. The zero-order valence-corrected chi connectivity index (χ0v) is 7.29. The fraction of sp³-hybridized carbons (Fsp3) is 0.333. The van der Waals surface area contributed by atoms with E-state index in [1.165, 1.54) is 0 Å². The van der Waals surface area contributed by atoms with Gasteiger partial charge in [0.2, 0.25) is 0 Å². The van der Waals surface area contributed by atoms with Gasteiger partial charge in [-0.2, -0.15) is 5.10 Å². The Morgan fingerprint density at radius 1 is 1.75 bits per heavy atom. The molecule has 0 bridgehead atoms. The van der Waals surface area contributed by atoms with E-state index in [1.807, 2.05) is 13.8 Å². The van der Waals surface area contributed by atoms with Gasteiger partial charge in [-0.3, -0.25) is 9.89 Å². The fourth-order valence-electron chi connectivity index (χ4n) is 0.953. The molecule has 3 heteroatoms. The van der Waals surface area contributed by atoms with Gasteiger partial charge in [0.15, 0.2) is 6.29 Å². The summed E-state index contributed by atoms with van der Waals surface area (Å²) in [5.41, 5.74) is 2.26. The summed E-state index contributed by atoms with van der Waals surface area (Å²) < 4.78 is 0. The average molecular weight is 164 g/mol. The summed E-state index contributed by atoms with van der Waals surface area (Å²) in [5, 5.41) is 6.39. The third-order valence-electron chi connectivity index (χ3n) is 1.83. The minimum atomic E-state index is 0.335. The number of aldehydes is 1. The van der Waals surface area contributed by atoms with Crippen LogP contribution >= 0.6 is 0 Å². The van der Waals surface area contributed by atoms with E-state index in [-0.39, 0.29) is 0 Å². The van der Waals surface area contributed by atoms with Crippen molar-refractivity contribution < 1.29 is 4.79 Å². The van der Waals surface area contributed by atoms with Crippen LogP contribution in [0.25, 0.3) is 5.57 Å². The smallest absolute Gasteiger partial charge is 0.168 e. The molecule has 0 radical (unpaired) electrons. The van der Waals surface area contributed by atoms with Crippen molar-refractivity contribution in [2.24, 2.45) is 5.92 Å². The maximum atomic E-state index is 10.5. The van der Waals surface area contributed by atoms with E-state index in [4.69, 9.17) is 0 Å². The van der Waals surface area contributed by atoms with Gasteiger partial charge in [0.05, 0.1) is 6.20 Å². The van der Waals surface area contributed by atoms with Crippen LogP contribution in [-0.4, -0.2) is 16.5 Å². The van der Waals surface area contributed by atoms with Crippen LogP contribution in [0.15, 0.2) is 12.8 Å². The molecule has 0 atom stereocenters. The molecule has 1 rings (SSSR count). The topological polar surface area (TPSA) is 45.8 Å². The maximum absolute atomic E-state index is 10.5. The molecule has 0 aliphatic rings. The minimum Gasteiger partial charge on any atom is -0.296 e. The van der Waals surface area contributed by atoms with Crippen LogP contribution in [0.4, 0.5) is 0 Å². The Morgan fingerprint density at radius 2 is 2.42 bits per heavy atom. The monoisotopic (exact) mass is 164 g/mol. The SMILES string of the molecule is C=C(c1cn[nH]c1C=O)C(C)C. The molecule has 0 amide bonds. The second-order valence-corrected chi connectivity index (χ2v) is 3.00. The van der Waals surface area contributed by atoms with Gasteiger partial charge in [0.1, 0.15) is 5.69 Å². The first kappa shape index (κ1) is 8.71. The molecule has 64 valence electrons. The summed E-state index contributed by atoms with van der Waals surface area (Å²) in [7, 11) is 0. The van der Waals surface area contributed by atoms with Gasteiger partial charge in [-0.15, -0.1) is 0 Å². The summed E-state index contributed by atoms with van der Waals surface area (Å²) in [5.74, 6) is 0.335. The number of aromatic nitrogens is 2. The van der Waals surface area contributed by atoms with E-state index in [9.17, 15) is 4.79 Å². The van der Waals surface area contributed by atoms with E-state index >= 15 is 0 Å². The molecule has 1 aromatic heterocycles. The molecule has 0 aliphatic heterocycles. The van der Waals surface area contributed by atoms with Crippen LogP contribution in [-0.2, 0) is 0 Å². The van der Waals surface area contributed by atoms with E-state index < -0.39 is 0 Å². The quantitative estimate of drug-likeness (QED) is 0.693. The van der Waals surface area contributed by atoms with Crippen LogP contribution < -0.4 is 0 Å². The van der Waals surface area contributed by atoms with Crippen molar-refractivity contribution in [3.63, 3.8) is 0 Å². The zero-order valence-electron chi connectivity index (χ0n) is 7.29. The normalized spacial score (nSPS) is 10.2. The van der Waals surface area contributed by atoms with Crippen molar-refractivity contribution in [1.82, 2.24) is 10.2 Å². The lowest BCUT2D eigenvalue weighted by Gasteiger charge is -2.06. The molecule has 1 aromatic rings. The van der Waals surface area contributed by atoms with Crippen molar-refractivity contribution in [2.75, 3.05) is 0 Å². The number of carbonyl (C=O) groups excluding carboxylic acids is 1. The Morgan fingerprint density at radius 3 is 2.92 bits per heavy atom. The van der Waals surface area contributed by atoms with E-state index in [2.05, 4.69) is 16.8 Å². The number of hydrogen-bond acceptors (Lipinski definition) is 2. The molecule has 3 nitrogen and oxygen atoms in total. The first-order valence-corrected chi connectivity index (χ1v) is 3.84. The van der Waals surface area contributed by atoms with Crippen molar-refractivity contribution in [2.45, 2.75) is 13.8 Å². The predicted molar refractivity (Wildman–Crippen MR) is 47.8 cm³/mol. The Labute approximate surface area is 71.5 Å². The van der Waals surface area contributed by atoms with Gasteiger partial charge in [0.25, 0.3) is 0 Å². The maximum Gasteiger partial charge on any atom is 0.168 e.